The summed E-state index contributed by atoms with van der Waals surface area (Å²) in [5.41, 5.74) is -0.227. The third-order valence-electron chi connectivity index (χ3n) is 2.40. The van der Waals surface area contributed by atoms with Crippen molar-refractivity contribution < 1.29 is 9.21 Å². The van der Waals surface area contributed by atoms with Gasteiger partial charge in [0.1, 0.15) is 5.76 Å². The van der Waals surface area contributed by atoms with Crippen molar-refractivity contribution in [2.24, 2.45) is 4.99 Å². The van der Waals surface area contributed by atoms with Crippen LogP contribution in [0.1, 0.15) is 26.5 Å². The SMILES string of the molecule is CN=C(NCCc1ccco1)NCC(=O)NC(C)(C)C. The molecular weight excluding hydrogens is 256 g/mol. The van der Waals surface area contributed by atoms with Gasteiger partial charge < -0.3 is 20.4 Å². The van der Waals surface area contributed by atoms with Gasteiger partial charge in [-0.1, -0.05) is 0 Å². The Bertz CT molecular complexity index is 433. The molecule has 0 aliphatic rings. The molecule has 1 amide bonds. The van der Waals surface area contributed by atoms with Gasteiger partial charge in [-0.3, -0.25) is 9.79 Å². The van der Waals surface area contributed by atoms with Gasteiger partial charge in [0.15, 0.2) is 5.96 Å². The molecule has 0 aromatic carbocycles. The van der Waals surface area contributed by atoms with Gasteiger partial charge in [-0.05, 0) is 32.9 Å². The molecule has 0 aliphatic heterocycles. The van der Waals surface area contributed by atoms with Crippen molar-refractivity contribution >= 4 is 11.9 Å². The van der Waals surface area contributed by atoms with Crippen molar-refractivity contribution in [3.8, 4) is 0 Å². The standard InChI is InChI=1S/C14H24N4O2/c1-14(2,3)18-12(19)10-17-13(15-4)16-8-7-11-6-5-9-20-11/h5-6,9H,7-8,10H2,1-4H3,(H,18,19)(H2,15,16,17). The third-order valence-corrected chi connectivity index (χ3v) is 2.40. The van der Waals surface area contributed by atoms with E-state index in [1.807, 2.05) is 32.9 Å². The molecule has 0 bridgehead atoms. The molecule has 1 aromatic heterocycles. The van der Waals surface area contributed by atoms with Crippen LogP contribution in [-0.4, -0.2) is 37.5 Å². The van der Waals surface area contributed by atoms with Crippen LogP contribution in [-0.2, 0) is 11.2 Å². The van der Waals surface area contributed by atoms with Crippen LogP contribution < -0.4 is 16.0 Å². The van der Waals surface area contributed by atoms with Crippen molar-refractivity contribution in [2.45, 2.75) is 32.7 Å². The zero-order valence-electron chi connectivity index (χ0n) is 12.6. The molecule has 0 radical (unpaired) electrons. The van der Waals surface area contributed by atoms with Gasteiger partial charge >= 0.3 is 0 Å². The molecular formula is C14H24N4O2. The summed E-state index contributed by atoms with van der Waals surface area (Å²) >= 11 is 0. The van der Waals surface area contributed by atoms with Crippen LogP contribution in [0.15, 0.2) is 27.8 Å². The number of hydrogen-bond donors (Lipinski definition) is 3. The average molecular weight is 280 g/mol. The quantitative estimate of drug-likeness (QED) is 0.553. The first kappa shape index (κ1) is 16.1. The fourth-order valence-electron chi connectivity index (χ4n) is 1.61. The molecule has 0 unspecified atom stereocenters. The first-order chi connectivity index (χ1) is 9.40. The van der Waals surface area contributed by atoms with Crippen molar-refractivity contribution in [3.05, 3.63) is 24.2 Å². The lowest BCUT2D eigenvalue weighted by Gasteiger charge is -2.21. The van der Waals surface area contributed by atoms with Crippen LogP contribution in [0.5, 0.6) is 0 Å². The molecule has 0 atom stereocenters. The molecule has 0 saturated heterocycles. The zero-order valence-corrected chi connectivity index (χ0v) is 12.6. The zero-order chi connectivity index (χ0) is 15.0. The maximum absolute atomic E-state index is 11.7. The van der Waals surface area contributed by atoms with Gasteiger partial charge in [-0.25, -0.2) is 0 Å². The Morgan fingerprint density at radius 3 is 2.65 bits per heavy atom. The highest BCUT2D eigenvalue weighted by molar-refractivity contribution is 5.86. The summed E-state index contributed by atoms with van der Waals surface area (Å²) in [6.07, 6.45) is 2.42. The van der Waals surface area contributed by atoms with Crippen molar-refractivity contribution in [1.29, 1.82) is 0 Å². The molecule has 1 heterocycles. The van der Waals surface area contributed by atoms with E-state index < -0.39 is 0 Å². The summed E-state index contributed by atoms with van der Waals surface area (Å²) in [7, 11) is 1.67. The highest BCUT2D eigenvalue weighted by atomic mass is 16.3. The number of furan rings is 1. The molecule has 6 heteroatoms. The fraction of sp³-hybridized carbons (Fsp3) is 0.571. The predicted octanol–water partition coefficient (Wildman–Crippen LogP) is 0.902. The molecule has 112 valence electrons. The van der Waals surface area contributed by atoms with E-state index in [0.717, 1.165) is 12.2 Å². The van der Waals surface area contributed by atoms with E-state index in [0.29, 0.717) is 12.5 Å². The normalized spacial score (nSPS) is 12.1. The summed E-state index contributed by atoms with van der Waals surface area (Å²) in [5.74, 6) is 1.45. The lowest BCUT2D eigenvalue weighted by atomic mass is 10.1. The Hall–Kier alpha value is -1.98. The number of nitrogens with zero attached hydrogens (tertiary/aromatic N) is 1. The van der Waals surface area contributed by atoms with Gasteiger partial charge in [0.25, 0.3) is 0 Å². The van der Waals surface area contributed by atoms with Crippen LogP contribution in [0.25, 0.3) is 0 Å². The molecule has 1 aromatic rings. The number of carbonyl (C=O) groups excluding carboxylic acids is 1. The second-order valence-corrected chi connectivity index (χ2v) is 5.48. The smallest absolute Gasteiger partial charge is 0.239 e. The molecule has 0 spiro atoms. The number of guanidine groups is 1. The van der Waals surface area contributed by atoms with Crippen LogP contribution in [0.3, 0.4) is 0 Å². The Morgan fingerprint density at radius 1 is 1.35 bits per heavy atom. The molecule has 6 nitrogen and oxygen atoms in total. The van der Waals surface area contributed by atoms with E-state index in [4.69, 9.17) is 4.42 Å². The second kappa shape index (κ2) is 7.57. The van der Waals surface area contributed by atoms with Gasteiger partial charge in [0.05, 0.1) is 12.8 Å². The van der Waals surface area contributed by atoms with E-state index in [2.05, 4.69) is 20.9 Å². The number of carbonyl (C=O) groups is 1. The molecule has 0 fully saturated rings. The van der Waals surface area contributed by atoms with Gasteiger partial charge in [-0.15, -0.1) is 0 Å². The van der Waals surface area contributed by atoms with E-state index in [1.165, 1.54) is 0 Å². The minimum atomic E-state index is -0.227. The Kier molecular flexibility index (Phi) is 6.09. The fourth-order valence-corrected chi connectivity index (χ4v) is 1.61. The van der Waals surface area contributed by atoms with Crippen LogP contribution in [0, 0.1) is 0 Å². The van der Waals surface area contributed by atoms with Gasteiger partial charge in [0.2, 0.25) is 5.91 Å². The predicted molar refractivity (Wildman–Crippen MR) is 79.7 cm³/mol. The summed E-state index contributed by atoms with van der Waals surface area (Å²) < 4.78 is 5.24. The first-order valence-corrected chi connectivity index (χ1v) is 6.68. The Labute approximate surface area is 120 Å². The summed E-state index contributed by atoms with van der Waals surface area (Å²) in [5, 5.41) is 8.97. The molecule has 20 heavy (non-hydrogen) atoms. The Balaban J connectivity index is 2.24. The average Bonchev–Trinajstić information content (AvgIpc) is 2.84. The van der Waals surface area contributed by atoms with E-state index in [1.54, 1.807) is 13.3 Å². The highest BCUT2D eigenvalue weighted by Gasteiger charge is 2.13. The minimum absolute atomic E-state index is 0.0634. The van der Waals surface area contributed by atoms with Crippen LogP contribution in [0.4, 0.5) is 0 Å². The molecule has 1 rings (SSSR count). The van der Waals surface area contributed by atoms with Gasteiger partial charge in [-0.2, -0.15) is 0 Å². The van der Waals surface area contributed by atoms with Crippen LogP contribution >= 0.6 is 0 Å². The van der Waals surface area contributed by atoms with Crippen LogP contribution in [0.2, 0.25) is 0 Å². The number of nitrogens with one attached hydrogen (secondary N) is 3. The lowest BCUT2D eigenvalue weighted by Crippen LogP contribution is -2.48. The van der Waals surface area contributed by atoms with Crippen molar-refractivity contribution in [1.82, 2.24) is 16.0 Å². The summed E-state index contributed by atoms with van der Waals surface area (Å²) in [6, 6.07) is 3.79. The Morgan fingerprint density at radius 2 is 2.10 bits per heavy atom. The van der Waals surface area contributed by atoms with E-state index >= 15 is 0 Å². The monoisotopic (exact) mass is 280 g/mol. The number of rotatable bonds is 5. The maximum atomic E-state index is 11.7. The second-order valence-electron chi connectivity index (χ2n) is 5.48. The highest BCUT2D eigenvalue weighted by Crippen LogP contribution is 1.99. The van der Waals surface area contributed by atoms with E-state index in [-0.39, 0.29) is 18.0 Å². The van der Waals surface area contributed by atoms with Gasteiger partial charge in [0, 0.05) is 25.6 Å². The topological polar surface area (TPSA) is 78.7 Å². The van der Waals surface area contributed by atoms with Crippen molar-refractivity contribution in [3.63, 3.8) is 0 Å². The first-order valence-electron chi connectivity index (χ1n) is 6.68. The minimum Gasteiger partial charge on any atom is -0.469 e. The molecule has 0 saturated carbocycles. The number of hydrogen-bond acceptors (Lipinski definition) is 3. The summed E-state index contributed by atoms with van der Waals surface area (Å²) in [4.78, 5) is 15.7. The van der Waals surface area contributed by atoms with E-state index in [9.17, 15) is 4.79 Å². The number of aliphatic imine (C=N–C) groups is 1. The summed E-state index contributed by atoms with van der Waals surface area (Å²) in [6.45, 7) is 6.72. The maximum Gasteiger partial charge on any atom is 0.239 e. The number of amides is 1. The third kappa shape index (κ3) is 6.82. The largest absolute Gasteiger partial charge is 0.469 e. The molecule has 0 aliphatic carbocycles. The molecule has 3 N–H and O–H groups in total. The lowest BCUT2D eigenvalue weighted by molar-refractivity contribution is -0.121. The van der Waals surface area contributed by atoms with Crippen molar-refractivity contribution in [2.75, 3.05) is 20.1 Å².